The number of para-hydroxylation sites is 5. The zero-order valence-corrected chi connectivity index (χ0v) is 66.0. The predicted molar refractivity (Wildman–Crippen MR) is 483 cm³/mol. The van der Waals surface area contributed by atoms with Gasteiger partial charge in [0.25, 0.3) is 6.71 Å². The normalized spacial score (nSPS) is 13.1. The lowest BCUT2D eigenvalue weighted by molar-refractivity contribution is 0.488. The van der Waals surface area contributed by atoms with Gasteiger partial charge in [-0.2, -0.15) is 0 Å². The summed E-state index contributed by atoms with van der Waals surface area (Å²) >= 11 is 0. The smallest absolute Gasteiger partial charge is 0.256 e. The van der Waals surface area contributed by atoms with Gasteiger partial charge in [0.15, 0.2) is 0 Å². The number of hydrogen-bond donors (Lipinski definition) is 0. The van der Waals surface area contributed by atoms with E-state index in [1.165, 1.54) is 27.5 Å². The molecule has 2 aliphatic rings. The van der Waals surface area contributed by atoms with E-state index >= 15 is 0 Å². The van der Waals surface area contributed by atoms with Crippen LogP contribution in [0, 0.1) is 0 Å². The summed E-state index contributed by atoms with van der Waals surface area (Å²) in [5.41, 5.74) is 28.6. The van der Waals surface area contributed by atoms with Crippen molar-refractivity contribution in [2.24, 2.45) is 0 Å². The van der Waals surface area contributed by atoms with E-state index in [-0.39, 0.29) is 23.0 Å². The molecular weight excluding hydrogens is 1420 g/mol. The Kier molecular flexibility index (Phi) is 14.5. The molecule has 21 aromatic rings. The molecule has 14 aromatic carbocycles. The summed E-state index contributed by atoms with van der Waals surface area (Å²) in [6.07, 6.45) is 0. The number of fused-ring (bicyclic) bond motifs is 21. The minimum absolute atomic E-state index is 0.0946. The van der Waals surface area contributed by atoms with Crippen LogP contribution in [0.25, 0.3) is 171 Å². The van der Waals surface area contributed by atoms with Crippen molar-refractivity contribution in [1.82, 2.24) is 23.7 Å². The SMILES string of the molecule is CC(C)(C)c1cccc(-c2cc3c4c(c2)N(c2ccccc2-c2ccccc2)c2ccc(-c5cc(-n6c7ccc(C(C)(C)C)cc7c7cc(C(C)(C)C)ccc76)cc(-n6c7ccccc7c7ccc8oc9ccccc9c8c76)n5)cc2B4c2cc(-c4cccc(-n5c6ccccc6c6ccc7oc8ccccc8c7c65)n4)ccc2O3)c1. The zero-order chi connectivity index (χ0) is 77.9. The largest absolute Gasteiger partial charge is 0.458 e. The molecule has 0 unspecified atom stereocenters. The van der Waals surface area contributed by atoms with Gasteiger partial charge in [0.1, 0.15) is 45.5 Å². The van der Waals surface area contributed by atoms with E-state index in [0.29, 0.717) is 0 Å². The van der Waals surface area contributed by atoms with Crippen molar-refractivity contribution in [3.05, 3.63) is 332 Å². The van der Waals surface area contributed by atoms with Crippen molar-refractivity contribution in [2.75, 3.05) is 4.90 Å². The van der Waals surface area contributed by atoms with Gasteiger partial charge in [-0.15, -0.1) is 0 Å². The van der Waals surface area contributed by atoms with E-state index in [4.69, 9.17) is 23.5 Å². The number of rotatable bonds is 8. The van der Waals surface area contributed by atoms with Gasteiger partial charge in [-0.1, -0.05) is 244 Å². The van der Waals surface area contributed by atoms with Crippen molar-refractivity contribution < 1.29 is 13.6 Å². The fourth-order valence-corrected chi connectivity index (χ4v) is 19.0. The van der Waals surface area contributed by atoms with Gasteiger partial charge in [-0.05, 0) is 205 Å². The molecule has 2 aliphatic heterocycles. The lowest BCUT2D eigenvalue weighted by Crippen LogP contribution is -2.59. The minimum atomic E-state index is -0.370. The summed E-state index contributed by atoms with van der Waals surface area (Å²) in [4.78, 5) is 14.4. The highest BCUT2D eigenvalue weighted by Gasteiger charge is 2.44. The van der Waals surface area contributed by atoms with Crippen molar-refractivity contribution in [3.63, 3.8) is 0 Å². The molecule has 0 fully saturated rings. The molecule has 0 radical (unpaired) electrons. The van der Waals surface area contributed by atoms with Crippen molar-refractivity contribution >= 4 is 149 Å². The number of nitrogens with zero attached hydrogens (tertiary/aromatic N) is 6. The summed E-state index contributed by atoms with van der Waals surface area (Å²) < 4.78 is 28.2. The maximum Gasteiger partial charge on any atom is 0.256 e. The molecule has 0 atom stereocenters. The fraction of sp³-hybridized carbons (Fsp3) is 0.113. The Morgan fingerprint density at radius 2 is 0.828 bits per heavy atom. The molecule has 10 heteroatoms. The number of aromatic nitrogens is 5. The molecule has 0 saturated carbocycles. The molecule has 116 heavy (non-hydrogen) atoms. The minimum Gasteiger partial charge on any atom is -0.458 e. The summed E-state index contributed by atoms with van der Waals surface area (Å²) in [6, 6.07) is 116. The number of pyridine rings is 2. The Balaban J connectivity index is 0.798. The average molecular weight is 1500 g/mol. The summed E-state index contributed by atoms with van der Waals surface area (Å²) in [7, 11) is 0. The van der Waals surface area contributed by atoms with Gasteiger partial charge in [0.2, 0.25) is 0 Å². The van der Waals surface area contributed by atoms with Crippen molar-refractivity contribution in [3.8, 4) is 73.6 Å². The number of ether oxygens (including phenoxy) is 1. The second kappa shape index (κ2) is 24.8. The van der Waals surface area contributed by atoms with Crippen LogP contribution in [-0.4, -0.2) is 30.4 Å². The first kappa shape index (κ1) is 67.7. The van der Waals surface area contributed by atoms with E-state index in [1.807, 2.05) is 6.07 Å². The van der Waals surface area contributed by atoms with Crippen LogP contribution < -0.4 is 26.0 Å². The first-order chi connectivity index (χ1) is 56.4. The van der Waals surface area contributed by atoms with Crippen LogP contribution >= 0.6 is 0 Å². The molecule has 0 N–H and O–H groups in total. The Morgan fingerprint density at radius 1 is 0.293 bits per heavy atom. The Labute approximate surface area is 671 Å². The van der Waals surface area contributed by atoms with Crippen LogP contribution in [0.15, 0.2) is 324 Å². The number of benzene rings is 14. The third-order valence-electron chi connectivity index (χ3n) is 24.7. The third-order valence-corrected chi connectivity index (χ3v) is 24.7. The molecule has 23 rings (SSSR count). The summed E-state index contributed by atoms with van der Waals surface area (Å²) in [5, 5.41) is 11.2. The molecule has 0 bridgehead atoms. The van der Waals surface area contributed by atoms with Crippen LogP contribution in [0.3, 0.4) is 0 Å². The molecule has 0 amide bonds. The molecule has 7 aromatic heterocycles. The number of anilines is 3. The van der Waals surface area contributed by atoms with Gasteiger partial charge in [-0.25, -0.2) is 9.97 Å². The second-order valence-corrected chi connectivity index (χ2v) is 34.8. The van der Waals surface area contributed by atoms with Gasteiger partial charge >= 0.3 is 0 Å². The van der Waals surface area contributed by atoms with Crippen molar-refractivity contribution in [1.29, 1.82) is 0 Å². The van der Waals surface area contributed by atoms with Crippen LogP contribution in [-0.2, 0) is 16.2 Å². The van der Waals surface area contributed by atoms with Crippen molar-refractivity contribution in [2.45, 2.75) is 78.6 Å². The highest BCUT2D eigenvalue weighted by molar-refractivity contribution is 6.99. The van der Waals surface area contributed by atoms with E-state index in [2.05, 4.69) is 390 Å². The number of hydrogen-bond acceptors (Lipinski definition) is 6. The lowest BCUT2D eigenvalue weighted by atomic mass is 9.34. The Bertz CT molecular complexity index is 7710. The standard InChI is InChI=1S/C106H79BN6O3/c1-104(2,3)67-28-23-27-63(53-67)66-56-90-101-96(57-66)116-93-50-42-64(82-34-24-40-97(108-82)112-85-36-19-14-30-72(85)74-45-51-94-99(102(74)112)76-32-16-21-38-91(76)114-94)55-81(93)107(101)80-54-65(41-47-89(80)111(90)84-35-18-13-29-71(84)62-25-11-10-12-26-62)83-60-70(110-87-48-43-68(105(4,5)6)58-78(87)79-59-69(106(7,8)9)44-49-88(79)110)61-98(109-83)113-86-37-20-15-31-73(86)75-46-52-95-100(103(75)113)77-33-17-22-39-92(77)115-95/h10-61H,1-9H3. The molecule has 554 valence electrons. The monoisotopic (exact) mass is 1490 g/mol. The molecule has 0 aliphatic carbocycles. The van der Waals surface area contributed by atoms with E-state index in [0.717, 1.165) is 206 Å². The van der Waals surface area contributed by atoms with E-state index < -0.39 is 0 Å². The average Bonchev–Trinajstić information content (AvgIpc) is 0.981. The lowest BCUT2D eigenvalue weighted by Gasteiger charge is -2.41. The third kappa shape index (κ3) is 10.3. The first-order valence-electron chi connectivity index (χ1n) is 40.4. The van der Waals surface area contributed by atoms with Crippen LogP contribution in [0.4, 0.5) is 17.1 Å². The predicted octanol–water partition coefficient (Wildman–Crippen LogP) is 26.5. The quantitative estimate of drug-likeness (QED) is 0.141. The van der Waals surface area contributed by atoms with Crippen LogP contribution in [0.5, 0.6) is 11.5 Å². The maximum absolute atomic E-state index is 7.62. The second-order valence-electron chi connectivity index (χ2n) is 34.8. The van der Waals surface area contributed by atoms with Crippen LogP contribution in [0.1, 0.15) is 79.0 Å². The van der Waals surface area contributed by atoms with E-state index in [9.17, 15) is 0 Å². The van der Waals surface area contributed by atoms with E-state index in [1.54, 1.807) is 0 Å². The Hall–Kier alpha value is -14.0. The molecular formula is C106H79BN6O3. The first-order valence-corrected chi connectivity index (χ1v) is 40.4. The highest BCUT2D eigenvalue weighted by Crippen LogP contribution is 2.50. The highest BCUT2D eigenvalue weighted by atomic mass is 16.5. The summed E-state index contributed by atoms with van der Waals surface area (Å²) in [6.45, 7) is 20.4. The zero-order valence-electron chi connectivity index (χ0n) is 66.0. The Morgan fingerprint density at radius 3 is 1.48 bits per heavy atom. The van der Waals surface area contributed by atoms with Gasteiger partial charge in [0.05, 0.1) is 66.6 Å². The molecule has 0 saturated heterocycles. The summed E-state index contributed by atoms with van der Waals surface area (Å²) in [5.74, 6) is 3.16. The number of furan rings is 2. The molecule has 9 nitrogen and oxygen atoms in total. The van der Waals surface area contributed by atoms with Gasteiger partial charge < -0.3 is 23.0 Å². The topological polar surface area (TPSA) is 79.3 Å². The maximum atomic E-state index is 7.62. The molecule has 9 heterocycles. The fourth-order valence-electron chi connectivity index (χ4n) is 19.0. The van der Waals surface area contributed by atoms with Crippen LogP contribution in [0.2, 0.25) is 0 Å². The van der Waals surface area contributed by atoms with Gasteiger partial charge in [0, 0.05) is 66.1 Å². The van der Waals surface area contributed by atoms with Gasteiger partial charge in [-0.3, -0.25) is 9.13 Å². The molecule has 0 spiro atoms.